The van der Waals surface area contributed by atoms with E-state index in [4.69, 9.17) is 0 Å². The average Bonchev–Trinajstić information content (AvgIpc) is 3.50. The quantitative estimate of drug-likeness (QED) is 0.278. The molecule has 2 aromatic carbocycles. The molecule has 0 saturated carbocycles. The van der Waals surface area contributed by atoms with E-state index < -0.39 is 28.5 Å². The molecule has 0 bridgehead atoms. The van der Waals surface area contributed by atoms with Crippen molar-refractivity contribution in [1.29, 1.82) is 0 Å². The van der Waals surface area contributed by atoms with Gasteiger partial charge in [0.2, 0.25) is 5.91 Å². The molecule has 42 heavy (non-hydrogen) atoms. The normalized spacial score (nSPS) is 13.4. The van der Waals surface area contributed by atoms with Gasteiger partial charge in [-0.3, -0.25) is 14.6 Å². The molecule has 0 aliphatic carbocycles. The second kappa shape index (κ2) is 13.1. The van der Waals surface area contributed by atoms with Crippen LogP contribution in [0.2, 0.25) is 0 Å². The number of carboxylic acid groups (broad SMARTS) is 1. The Hall–Kier alpha value is -4.95. The summed E-state index contributed by atoms with van der Waals surface area (Å²) in [7, 11) is -2.78. The van der Waals surface area contributed by atoms with Gasteiger partial charge in [-0.2, -0.15) is 4.31 Å². The number of hydrogen-bond donors (Lipinski definition) is 4. The number of aryl methyl sites for hydroxylation is 1. The maximum Gasteiger partial charge on any atom is 0.323 e. The summed E-state index contributed by atoms with van der Waals surface area (Å²) >= 11 is 0. The highest BCUT2D eigenvalue weighted by Gasteiger charge is 2.34. The van der Waals surface area contributed by atoms with Crippen LogP contribution in [0.1, 0.15) is 29.2 Å². The van der Waals surface area contributed by atoms with Crippen LogP contribution < -0.4 is 16.0 Å². The highest BCUT2D eigenvalue weighted by molar-refractivity contribution is 8.04. The van der Waals surface area contributed by atoms with Crippen molar-refractivity contribution in [3.05, 3.63) is 83.6 Å². The zero-order valence-electron chi connectivity index (χ0n) is 22.8. The maximum absolute atomic E-state index is 12.9. The largest absolute Gasteiger partial charge is 0.481 e. The lowest BCUT2D eigenvalue weighted by Crippen LogP contribution is -2.37. The number of urea groups is 1. The minimum Gasteiger partial charge on any atom is -0.481 e. The molecule has 4 N–H and O–H groups in total. The Morgan fingerprint density at radius 1 is 1.00 bits per heavy atom. The van der Waals surface area contributed by atoms with Gasteiger partial charge in [0.05, 0.1) is 25.4 Å². The predicted octanol–water partition coefficient (Wildman–Crippen LogP) is 3.43. The van der Waals surface area contributed by atoms with E-state index in [2.05, 4.69) is 30.9 Å². The lowest BCUT2D eigenvalue weighted by atomic mass is 10.1. The summed E-state index contributed by atoms with van der Waals surface area (Å²) in [5, 5.41) is 17.4. The van der Waals surface area contributed by atoms with Gasteiger partial charge >= 0.3 is 12.0 Å². The average molecular weight is 592 g/mol. The van der Waals surface area contributed by atoms with Gasteiger partial charge in [0, 0.05) is 24.6 Å². The monoisotopic (exact) mass is 591 g/mol. The van der Waals surface area contributed by atoms with Gasteiger partial charge in [0.1, 0.15) is 12.2 Å². The number of aromatic nitrogens is 1. The molecule has 3 amide bonds. The van der Waals surface area contributed by atoms with Crippen molar-refractivity contribution < 1.29 is 27.9 Å². The van der Waals surface area contributed by atoms with Crippen molar-refractivity contribution in [3.63, 3.8) is 0 Å². The molecule has 0 radical (unpaired) electrons. The molecule has 1 aromatic heterocycles. The molecule has 0 spiro atoms. The molecule has 1 aliphatic rings. The third-order valence-corrected chi connectivity index (χ3v) is 8.24. The number of rotatable bonds is 10. The van der Waals surface area contributed by atoms with Crippen molar-refractivity contribution in [2.75, 3.05) is 29.5 Å². The fourth-order valence-corrected chi connectivity index (χ4v) is 5.40. The molecule has 1 atom stereocenters. The highest BCUT2D eigenvalue weighted by atomic mass is 32.2. The Morgan fingerprint density at radius 3 is 2.36 bits per heavy atom. The van der Waals surface area contributed by atoms with Crippen molar-refractivity contribution in [3.8, 4) is 0 Å². The molecule has 0 fully saturated rings. The van der Waals surface area contributed by atoms with Crippen molar-refractivity contribution in [2.45, 2.75) is 25.8 Å². The number of nitrogens with zero attached hydrogens (tertiary/aromatic N) is 4. The predicted molar refractivity (Wildman–Crippen MR) is 159 cm³/mol. The Labute approximate surface area is 242 Å². The third kappa shape index (κ3) is 7.62. The molecule has 1 unspecified atom stereocenters. The number of para-hydroxylation sites is 1. The van der Waals surface area contributed by atoms with Crippen LogP contribution in [0.4, 0.5) is 22.0 Å². The van der Waals surface area contributed by atoms with E-state index in [0.717, 1.165) is 16.2 Å². The first-order valence-electron chi connectivity index (χ1n) is 12.8. The van der Waals surface area contributed by atoms with Gasteiger partial charge in [-0.1, -0.05) is 36.4 Å². The topological polar surface area (TPSA) is 183 Å². The van der Waals surface area contributed by atoms with Crippen LogP contribution >= 0.6 is 0 Å². The number of nitrogens with one attached hydrogen (secondary N) is 3. The Kier molecular flexibility index (Phi) is 9.39. The van der Waals surface area contributed by atoms with Crippen LogP contribution in [0.25, 0.3) is 0 Å². The fourth-order valence-electron chi connectivity index (χ4n) is 4.12. The summed E-state index contributed by atoms with van der Waals surface area (Å²) in [6, 6.07) is 15.7. The molecule has 0 saturated heterocycles. The van der Waals surface area contributed by atoms with E-state index >= 15 is 0 Å². The third-order valence-electron chi connectivity index (χ3n) is 6.40. The second-order valence-electron chi connectivity index (χ2n) is 9.41. The van der Waals surface area contributed by atoms with Crippen molar-refractivity contribution >= 4 is 56.5 Å². The molecule has 1 aliphatic heterocycles. The van der Waals surface area contributed by atoms with E-state index in [1.54, 1.807) is 30.3 Å². The SMILES string of the molecule is Cc1ccccc1NC(=O)Nc1ccc(CC(=O)Nc2ccc(C(CC(=O)O)N(C)S(=O)(=O)C3=NC=NC3)cn2)cc1. The first kappa shape index (κ1) is 30.0. The lowest BCUT2D eigenvalue weighted by Gasteiger charge is -2.26. The smallest absolute Gasteiger partial charge is 0.323 e. The zero-order valence-corrected chi connectivity index (χ0v) is 23.6. The van der Waals surface area contributed by atoms with E-state index in [1.807, 2.05) is 25.1 Å². The number of aliphatic carboxylic acids is 1. The lowest BCUT2D eigenvalue weighted by molar-refractivity contribution is -0.138. The summed E-state index contributed by atoms with van der Waals surface area (Å²) in [6.45, 7) is 1.78. The first-order valence-corrected chi connectivity index (χ1v) is 14.2. The number of carbonyl (C=O) groups excluding carboxylic acids is 2. The summed E-state index contributed by atoms with van der Waals surface area (Å²) in [5.41, 5.74) is 3.21. The van der Waals surface area contributed by atoms with E-state index in [0.29, 0.717) is 22.5 Å². The molecule has 13 nitrogen and oxygen atoms in total. The minimum absolute atomic E-state index is 0.0337. The molecular formula is C28H29N7O6S. The van der Waals surface area contributed by atoms with Gasteiger partial charge in [0.15, 0.2) is 5.04 Å². The second-order valence-corrected chi connectivity index (χ2v) is 11.4. The number of anilines is 3. The number of aliphatic imine (C=N–C) groups is 2. The summed E-state index contributed by atoms with van der Waals surface area (Å²) < 4.78 is 26.7. The Balaban J connectivity index is 1.34. The number of carboxylic acids is 1. The molecule has 14 heteroatoms. The maximum atomic E-state index is 12.9. The number of pyridine rings is 1. The number of carbonyl (C=O) groups is 3. The number of sulfonamides is 1. The van der Waals surface area contributed by atoms with Crippen molar-refractivity contribution in [2.24, 2.45) is 9.98 Å². The van der Waals surface area contributed by atoms with Crippen molar-refractivity contribution in [1.82, 2.24) is 9.29 Å². The van der Waals surface area contributed by atoms with Gasteiger partial charge in [-0.15, -0.1) is 0 Å². The number of benzene rings is 2. The van der Waals surface area contributed by atoms with Crippen LogP contribution in [0.5, 0.6) is 0 Å². The minimum atomic E-state index is -4.05. The molecule has 218 valence electrons. The molecule has 4 rings (SSSR count). The van der Waals surface area contributed by atoms with E-state index in [9.17, 15) is 27.9 Å². The summed E-state index contributed by atoms with van der Waals surface area (Å²) in [5.74, 6) is -1.34. The van der Waals surface area contributed by atoms with Crippen LogP contribution in [0.3, 0.4) is 0 Å². The van der Waals surface area contributed by atoms with Gasteiger partial charge in [-0.25, -0.2) is 23.2 Å². The van der Waals surface area contributed by atoms with Gasteiger partial charge in [-0.05, 0) is 47.9 Å². The van der Waals surface area contributed by atoms with Gasteiger partial charge < -0.3 is 21.1 Å². The summed E-state index contributed by atoms with van der Waals surface area (Å²) in [6.07, 6.45) is 2.00. The molecular weight excluding hydrogens is 562 g/mol. The number of hydrogen-bond acceptors (Lipinski definition) is 8. The van der Waals surface area contributed by atoms with E-state index in [1.165, 1.54) is 25.4 Å². The Bertz CT molecular complexity index is 1640. The Morgan fingerprint density at radius 2 is 1.74 bits per heavy atom. The molecule has 3 aromatic rings. The zero-order chi connectivity index (χ0) is 30.3. The van der Waals surface area contributed by atoms with E-state index in [-0.39, 0.29) is 35.8 Å². The van der Waals surface area contributed by atoms with Crippen LogP contribution in [-0.2, 0) is 26.0 Å². The first-order chi connectivity index (χ1) is 20.0. The van der Waals surface area contributed by atoms with Crippen LogP contribution in [0.15, 0.2) is 76.8 Å². The number of amides is 3. The fraction of sp³-hybridized carbons (Fsp3) is 0.214. The standard InChI is InChI=1S/C28H29N7O6S/c1-18-5-3-4-6-22(18)33-28(39)32-21-10-7-19(8-11-21)13-25(36)34-24-12-9-20(15-30-24)23(14-27(37)38)35(2)42(40,41)26-16-29-17-31-26/h3-12,15,17,23H,13-14,16H2,1-2H3,(H,37,38)(H,30,34,36)(H2,32,33,39). The van der Waals surface area contributed by atoms with Crippen LogP contribution in [0, 0.1) is 6.92 Å². The van der Waals surface area contributed by atoms with Crippen LogP contribution in [-0.4, -0.2) is 65.7 Å². The summed E-state index contributed by atoms with van der Waals surface area (Å²) in [4.78, 5) is 48.1. The highest BCUT2D eigenvalue weighted by Crippen LogP contribution is 2.27. The van der Waals surface area contributed by atoms with Gasteiger partial charge in [0.25, 0.3) is 10.0 Å². The molecule has 2 heterocycles.